The van der Waals surface area contributed by atoms with E-state index in [1.54, 1.807) is 12.5 Å². The Bertz CT molecular complexity index is 2190. The minimum Gasteiger partial charge on any atom is -0.452 e. The lowest BCUT2D eigenvalue weighted by Crippen LogP contribution is -2.01. The highest BCUT2D eigenvalue weighted by Crippen LogP contribution is 2.34. The zero-order chi connectivity index (χ0) is 28.6. The van der Waals surface area contributed by atoms with Crippen LogP contribution in [0.4, 0.5) is 0 Å². The van der Waals surface area contributed by atoms with Gasteiger partial charge in [0.1, 0.15) is 28.8 Å². The van der Waals surface area contributed by atoms with Gasteiger partial charge in [-0.15, -0.1) is 0 Å². The molecule has 8 aromatic rings. The zero-order valence-corrected chi connectivity index (χ0v) is 22.7. The van der Waals surface area contributed by atoms with Crippen molar-refractivity contribution >= 4 is 22.1 Å². The monoisotopic (exact) mass is 555 g/mol. The smallest absolute Gasteiger partial charge is 0.182 e. The second-order valence-corrected chi connectivity index (χ2v) is 9.87. The van der Waals surface area contributed by atoms with E-state index in [0.717, 1.165) is 33.2 Å². The molecular weight excluding hydrogens is 534 g/mol. The van der Waals surface area contributed by atoms with Crippen molar-refractivity contribution in [3.8, 4) is 56.9 Å². The van der Waals surface area contributed by atoms with Crippen LogP contribution >= 0.6 is 0 Å². The second kappa shape index (κ2) is 10.4. The van der Waals surface area contributed by atoms with Crippen molar-refractivity contribution in [2.45, 2.75) is 0 Å². The number of hydrogen-bond acceptors (Lipinski definition) is 8. The fourth-order valence-corrected chi connectivity index (χ4v) is 5.07. The van der Waals surface area contributed by atoms with Crippen LogP contribution in [-0.4, -0.2) is 34.9 Å². The molecule has 0 aliphatic carbocycles. The van der Waals surface area contributed by atoms with E-state index in [0.29, 0.717) is 45.8 Å². The van der Waals surface area contributed by atoms with Crippen LogP contribution in [0.2, 0.25) is 0 Å². The van der Waals surface area contributed by atoms with Crippen molar-refractivity contribution in [2.24, 2.45) is 0 Å². The normalized spacial score (nSPS) is 11.3. The third-order valence-electron chi connectivity index (χ3n) is 7.13. The van der Waals surface area contributed by atoms with Crippen molar-refractivity contribution in [3.05, 3.63) is 128 Å². The topological polar surface area (TPSA) is 103 Å². The van der Waals surface area contributed by atoms with Crippen LogP contribution in [0.25, 0.3) is 79.0 Å². The SMILES string of the molecule is c1ccc(-c2nc(-c3ccccc3)nc(-c3cccc(-c4cc(-c5ncnc6c5oc5ccccc56)ccn4)n3)n2)cc1. The number of para-hydroxylation sites is 1. The molecule has 8 nitrogen and oxygen atoms in total. The van der Waals surface area contributed by atoms with Crippen LogP contribution in [0.1, 0.15) is 0 Å². The lowest BCUT2D eigenvalue weighted by Gasteiger charge is -2.09. The van der Waals surface area contributed by atoms with Crippen LogP contribution < -0.4 is 0 Å². The van der Waals surface area contributed by atoms with Crippen molar-refractivity contribution in [1.82, 2.24) is 34.9 Å². The molecule has 43 heavy (non-hydrogen) atoms. The summed E-state index contributed by atoms with van der Waals surface area (Å²) in [5.74, 6) is 1.64. The average Bonchev–Trinajstić information content (AvgIpc) is 3.48. The molecule has 0 atom stereocenters. The first-order chi connectivity index (χ1) is 21.3. The van der Waals surface area contributed by atoms with Crippen molar-refractivity contribution in [3.63, 3.8) is 0 Å². The molecule has 8 heteroatoms. The largest absolute Gasteiger partial charge is 0.452 e. The molecule has 8 rings (SSSR count). The van der Waals surface area contributed by atoms with Crippen LogP contribution in [0.3, 0.4) is 0 Å². The Morgan fingerprint density at radius 2 is 1.14 bits per heavy atom. The van der Waals surface area contributed by atoms with Gasteiger partial charge in [0.2, 0.25) is 0 Å². The van der Waals surface area contributed by atoms with E-state index in [2.05, 4.69) is 15.0 Å². The molecule has 5 aromatic heterocycles. The molecular formula is C35H21N7O. The van der Waals surface area contributed by atoms with Crippen molar-refractivity contribution < 1.29 is 4.42 Å². The van der Waals surface area contributed by atoms with E-state index in [1.807, 2.05) is 115 Å². The molecule has 5 heterocycles. The van der Waals surface area contributed by atoms with Gasteiger partial charge in [0.25, 0.3) is 0 Å². The first-order valence-corrected chi connectivity index (χ1v) is 13.7. The second-order valence-electron chi connectivity index (χ2n) is 9.87. The average molecular weight is 556 g/mol. The van der Waals surface area contributed by atoms with E-state index in [-0.39, 0.29) is 0 Å². The molecule has 0 bridgehead atoms. The maximum Gasteiger partial charge on any atom is 0.182 e. The van der Waals surface area contributed by atoms with Gasteiger partial charge in [-0.3, -0.25) is 4.98 Å². The Morgan fingerprint density at radius 1 is 0.465 bits per heavy atom. The summed E-state index contributed by atoms with van der Waals surface area (Å²) >= 11 is 0. The number of fused-ring (bicyclic) bond motifs is 3. The van der Waals surface area contributed by atoms with Gasteiger partial charge in [0, 0.05) is 28.3 Å². The molecule has 0 aliphatic heterocycles. The summed E-state index contributed by atoms with van der Waals surface area (Å²) in [5.41, 5.74) is 7.49. The Balaban J connectivity index is 1.22. The highest BCUT2D eigenvalue weighted by Gasteiger charge is 2.17. The maximum absolute atomic E-state index is 6.17. The molecule has 0 aliphatic rings. The van der Waals surface area contributed by atoms with Gasteiger partial charge in [-0.1, -0.05) is 78.9 Å². The molecule has 0 amide bonds. The number of rotatable bonds is 5. The molecule has 0 fully saturated rings. The fourth-order valence-electron chi connectivity index (χ4n) is 5.07. The number of aromatic nitrogens is 7. The van der Waals surface area contributed by atoms with Gasteiger partial charge in [-0.05, 0) is 36.4 Å². The molecule has 202 valence electrons. The van der Waals surface area contributed by atoms with Crippen molar-refractivity contribution in [1.29, 1.82) is 0 Å². The van der Waals surface area contributed by atoms with Crippen molar-refractivity contribution in [2.75, 3.05) is 0 Å². The zero-order valence-electron chi connectivity index (χ0n) is 22.7. The van der Waals surface area contributed by atoms with E-state index < -0.39 is 0 Å². The molecule has 0 N–H and O–H groups in total. The molecule has 0 saturated carbocycles. The predicted molar refractivity (Wildman–Crippen MR) is 165 cm³/mol. The lowest BCUT2D eigenvalue weighted by molar-refractivity contribution is 0.667. The lowest BCUT2D eigenvalue weighted by atomic mass is 10.1. The number of nitrogens with zero attached hydrogens (tertiary/aromatic N) is 7. The van der Waals surface area contributed by atoms with Crippen LogP contribution in [-0.2, 0) is 0 Å². The highest BCUT2D eigenvalue weighted by molar-refractivity contribution is 6.06. The summed E-state index contributed by atoms with van der Waals surface area (Å²) in [6, 6.07) is 37.2. The third kappa shape index (κ3) is 4.57. The molecule has 3 aromatic carbocycles. The summed E-state index contributed by atoms with van der Waals surface area (Å²) in [5, 5.41) is 0.951. The standard InChI is InChI=1S/C35H21N7O/c1-3-10-22(11-4-1)33-40-34(23-12-5-2-6-13-23)42-35(41-33)27-16-9-15-26(39-27)28-20-24(18-19-36-28)30-32-31(38-21-37-30)25-14-7-8-17-29(25)43-32/h1-21H. The van der Waals surface area contributed by atoms with Gasteiger partial charge in [-0.2, -0.15) is 0 Å². The summed E-state index contributed by atoms with van der Waals surface area (Å²) in [4.78, 5) is 33.1. The number of pyridine rings is 2. The first-order valence-electron chi connectivity index (χ1n) is 13.7. The summed E-state index contributed by atoms with van der Waals surface area (Å²) in [7, 11) is 0. The molecule has 0 spiro atoms. The van der Waals surface area contributed by atoms with Crippen LogP contribution in [0.5, 0.6) is 0 Å². The first kappa shape index (κ1) is 24.6. The Morgan fingerprint density at radius 3 is 1.91 bits per heavy atom. The van der Waals surface area contributed by atoms with E-state index in [4.69, 9.17) is 24.4 Å². The summed E-state index contributed by atoms with van der Waals surface area (Å²) in [6.07, 6.45) is 3.31. The van der Waals surface area contributed by atoms with Gasteiger partial charge in [0.15, 0.2) is 23.1 Å². The number of furan rings is 1. The predicted octanol–water partition coefficient (Wildman–Crippen LogP) is 7.69. The van der Waals surface area contributed by atoms with Gasteiger partial charge in [0.05, 0.1) is 11.4 Å². The van der Waals surface area contributed by atoms with Crippen LogP contribution in [0, 0.1) is 0 Å². The number of hydrogen-bond donors (Lipinski definition) is 0. The Hall–Kier alpha value is -6.15. The van der Waals surface area contributed by atoms with E-state index in [9.17, 15) is 0 Å². The minimum absolute atomic E-state index is 0.477. The summed E-state index contributed by atoms with van der Waals surface area (Å²) < 4.78 is 6.17. The Labute approximate surface area is 245 Å². The minimum atomic E-state index is 0.477. The molecule has 0 saturated heterocycles. The maximum atomic E-state index is 6.17. The van der Waals surface area contributed by atoms with Gasteiger partial charge >= 0.3 is 0 Å². The van der Waals surface area contributed by atoms with E-state index >= 15 is 0 Å². The third-order valence-corrected chi connectivity index (χ3v) is 7.13. The molecule has 0 unspecified atom stereocenters. The van der Waals surface area contributed by atoms with Gasteiger partial charge in [-0.25, -0.2) is 29.9 Å². The summed E-state index contributed by atoms with van der Waals surface area (Å²) in [6.45, 7) is 0. The highest BCUT2D eigenvalue weighted by atomic mass is 16.3. The Kier molecular flexibility index (Phi) is 5.93. The van der Waals surface area contributed by atoms with E-state index in [1.165, 1.54) is 0 Å². The molecule has 0 radical (unpaired) electrons. The van der Waals surface area contributed by atoms with Gasteiger partial charge < -0.3 is 4.42 Å². The number of benzene rings is 3. The van der Waals surface area contributed by atoms with Crippen LogP contribution in [0.15, 0.2) is 132 Å². The fraction of sp³-hybridized carbons (Fsp3) is 0. The quantitative estimate of drug-likeness (QED) is 0.213.